The zero-order valence-corrected chi connectivity index (χ0v) is 8.45. The van der Waals surface area contributed by atoms with Gasteiger partial charge in [0.2, 0.25) is 0 Å². The SMILES string of the molecule is NCc1ccc(-c2ccncc2F)cc1F. The molecule has 0 aliphatic rings. The maximum Gasteiger partial charge on any atom is 0.149 e. The maximum absolute atomic E-state index is 13.4. The molecule has 1 aromatic heterocycles. The molecule has 0 spiro atoms. The Bertz CT molecular complexity index is 512. The molecular weight excluding hydrogens is 210 g/mol. The van der Waals surface area contributed by atoms with Crippen LogP contribution in [-0.4, -0.2) is 4.98 Å². The van der Waals surface area contributed by atoms with Crippen molar-refractivity contribution in [1.82, 2.24) is 4.98 Å². The molecule has 0 fully saturated rings. The Morgan fingerprint density at radius 1 is 1.12 bits per heavy atom. The van der Waals surface area contributed by atoms with Crippen LogP contribution in [-0.2, 0) is 6.54 Å². The predicted molar refractivity (Wildman–Crippen MR) is 57.5 cm³/mol. The second-order valence-electron chi connectivity index (χ2n) is 3.37. The van der Waals surface area contributed by atoms with Crippen LogP contribution in [0.4, 0.5) is 8.78 Å². The summed E-state index contributed by atoms with van der Waals surface area (Å²) in [4.78, 5) is 3.64. The van der Waals surface area contributed by atoms with Crippen molar-refractivity contribution in [3.8, 4) is 11.1 Å². The molecule has 1 heterocycles. The second-order valence-corrected chi connectivity index (χ2v) is 3.37. The lowest BCUT2D eigenvalue weighted by molar-refractivity contribution is 0.609. The molecule has 0 radical (unpaired) electrons. The first kappa shape index (κ1) is 10.7. The maximum atomic E-state index is 13.4. The molecule has 0 unspecified atom stereocenters. The molecule has 0 amide bonds. The van der Waals surface area contributed by atoms with Crippen LogP contribution in [0.1, 0.15) is 5.56 Å². The zero-order chi connectivity index (χ0) is 11.5. The number of benzene rings is 1. The van der Waals surface area contributed by atoms with Crippen LogP contribution >= 0.6 is 0 Å². The quantitative estimate of drug-likeness (QED) is 0.844. The van der Waals surface area contributed by atoms with E-state index in [1.807, 2.05) is 0 Å². The summed E-state index contributed by atoms with van der Waals surface area (Å²) in [7, 11) is 0. The first-order valence-corrected chi connectivity index (χ1v) is 4.80. The van der Waals surface area contributed by atoms with Crippen molar-refractivity contribution in [1.29, 1.82) is 0 Å². The average molecular weight is 220 g/mol. The highest BCUT2D eigenvalue weighted by Gasteiger charge is 2.07. The molecule has 4 heteroatoms. The van der Waals surface area contributed by atoms with Crippen LogP contribution in [0.3, 0.4) is 0 Å². The van der Waals surface area contributed by atoms with Gasteiger partial charge in [-0.15, -0.1) is 0 Å². The number of hydrogen-bond acceptors (Lipinski definition) is 2. The van der Waals surface area contributed by atoms with Crippen molar-refractivity contribution in [2.45, 2.75) is 6.54 Å². The third-order valence-electron chi connectivity index (χ3n) is 2.36. The Hall–Kier alpha value is -1.81. The van der Waals surface area contributed by atoms with Gasteiger partial charge >= 0.3 is 0 Å². The summed E-state index contributed by atoms with van der Waals surface area (Å²) < 4.78 is 26.8. The Labute approximate surface area is 91.7 Å². The fourth-order valence-electron chi connectivity index (χ4n) is 1.49. The number of nitrogens with zero attached hydrogens (tertiary/aromatic N) is 1. The molecule has 0 aliphatic carbocycles. The van der Waals surface area contributed by atoms with Crippen molar-refractivity contribution in [3.05, 3.63) is 53.9 Å². The number of pyridine rings is 1. The van der Waals surface area contributed by atoms with Crippen molar-refractivity contribution in [2.24, 2.45) is 5.73 Å². The van der Waals surface area contributed by atoms with Gasteiger partial charge in [-0.25, -0.2) is 8.78 Å². The third kappa shape index (κ3) is 1.92. The van der Waals surface area contributed by atoms with Crippen LogP contribution in [0, 0.1) is 11.6 Å². The van der Waals surface area contributed by atoms with Crippen LogP contribution in [0.5, 0.6) is 0 Å². The van der Waals surface area contributed by atoms with E-state index in [1.165, 1.54) is 18.3 Å². The highest BCUT2D eigenvalue weighted by molar-refractivity contribution is 5.63. The fraction of sp³-hybridized carbons (Fsp3) is 0.0833. The lowest BCUT2D eigenvalue weighted by Crippen LogP contribution is -1.99. The van der Waals surface area contributed by atoms with E-state index in [1.54, 1.807) is 12.1 Å². The standard InChI is InChI=1S/C12H10F2N2/c13-11-5-8(1-2-9(11)6-15)10-3-4-16-7-12(10)14/h1-5,7H,6,15H2. The van der Waals surface area contributed by atoms with Crippen molar-refractivity contribution in [3.63, 3.8) is 0 Å². The average Bonchev–Trinajstić information content (AvgIpc) is 2.29. The van der Waals surface area contributed by atoms with Gasteiger partial charge < -0.3 is 5.73 Å². The molecule has 2 rings (SSSR count). The van der Waals surface area contributed by atoms with Crippen LogP contribution in [0.25, 0.3) is 11.1 Å². The first-order valence-electron chi connectivity index (χ1n) is 4.80. The Balaban J connectivity index is 2.50. The lowest BCUT2D eigenvalue weighted by Gasteiger charge is -2.05. The summed E-state index contributed by atoms with van der Waals surface area (Å²) in [5, 5.41) is 0. The molecule has 0 saturated heterocycles. The molecule has 1 aromatic carbocycles. The molecule has 2 aromatic rings. The summed E-state index contributed by atoms with van der Waals surface area (Å²) in [5.74, 6) is -0.890. The summed E-state index contributed by atoms with van der Waals surface area (Å²) in [6.45, 7) is 0.130. The lowest BCUT2D eigenvalue weighted by atomic mass is 10.0. The van der Waals surface area contributed by atoms with Gasteiger partial charge in [-0.2, -0.15) is 0 Å². The third-order valence-corrected chi connectivity index (χ3v) is 2.36. The van der Waals surface area contributed by atoms with Crippen molar-refractivity contribution in [2.75, 3.05) is 0 Å². The van der Waals surface area contributed by atoms with E-state index < -0.39 is 11.6 Å². The van der Waals surface area contributed by atoms with Gasteiger partial charge in [0, 0.05) is 23.9 Å². The predicted octanol–water partition coefficient (Wildman–Crippen LogP) is 2.49. The monoisotopic (exact) mass is 220 g/mol. The van der Waals surface area contributed by atoms with Crippen LogP contribution in [0.15, 0.2) is 36.7 Å². The minimum atomic E-state index is -0.470. The van der Waals surface area contributed by atoms with Crippen LogP contribution < -0.4 is 5.73 Å². The number of halogens is 2. The topological polar surface area (TPSA) is 38.9 Å². The number of aromatic nitrogens is 1. The first-order chi connectivity index (χ1) is 7.72. The van der Waals surface area contributed by atoms with Gasteiger partial charge in [0.25, 0.3) is 0 Å². The molecule has 0 atom stereocenters. The molecule has 2 N–H and O–H groups in total. The van der Waals surface area contributed by atoms with Gasteiger partial charge in [0.05, 0.1) is 6.20 Å². The highest BCUT2D eigenvalue weighted by Crippen LogP contribution is 2.23. The minimum absolute atomic E-state index is 0.130. The molecule has 82 valence electrons. The molecular formula is C12H10F2N2. The number of rotatable bonds is 2. The van der Waals surface area contributed by atoms with Crippen LogP contribution in [0.2, 0.25) is 0 Å². The Morgan fingerprint density at radius 3 is 2.56 bits per heavy atom. The van der Waals surface area contributed by atoms with Crippen molar-refractivity contribution >= 4 is 0 Å². The van der Waals surface area contributed by atoms with Gasteiger partial charge in [-0.05, 0) is 17.7 Å². The van der Waals surface area contributed by atoms with Gasteiger partial charge in [-0.3, -0.25) is 4.98 Å². The number of nitrogens with two attached hydrogens (primary N) is 1. The van der Waals surface area contributed by atoms with E-state index in [0.29, 0.717) is 16.7 Å². The van der Waals surface area contributed by atoms with E-state index in [4.69, 9.17) is 5.73 Å². The summed E-state index contributed by atoms with van der Waals surface area (Å²) in [6.07, 6.45) is 2.57. The summed E-state index contributed by atoms with van der Waals surface area (Å²) >= 11 is 0. The molecule has 16 heavy (non-hydrogen) atoms. The number of hydrogen-bond donors (Lipinski definition) is 1. The summed E-state index contributed by atoms with van der Waals surface area (Å²) in [5.41, 5.74) is 6.57. The smallest absolute Gasteiger partial charge is 0.149 e. The van der Waals surface area contributed by atoms with E-state index in [0.717, 1.165) is 6.20 Å². The second kappa shape index (κ2) is 4.37. The largest absolute Gasteiger partial charge is 0.326 e. The Morgan fingerprint density at radius 2 is 1.94 bits per heavy atom. The molecule has 0 bridgehead atoms. The van der Waals surface area contributed by atoms with Gasteiger partial charge in [0.15, 0.2) is 0 Å². The van der Waals surface area contributed by atoms with Crippen molar-refractivity contribution < 1.29 is 8.78 Å². The Kier molecular flexibility index (Phi) is 2.92. The summed E-state index contributed by atoms with van der Waals surface area (Å²) in [6, 6.07) is 5.99. The van der Waals surface area contributed by atoms with E-state index in [-0.39, 0.29) is 6.54 Å². The van der Waals surface area contributed by atoms with Gasteiger partial charge in [0.1, 0.15) is 11.6 Å². The molecule has 2 nitrogen and oxygen atoms in total. The van der Waals surface area contributed by atoms with E-state index in [2.05, 4.69) is 4.98 Å². The normalized spacial score (nSPS) is 10.4. The minimum Gasteiger partial charge on any atom is -0.326 e. The van der Waals surface area contributed by atoms with E-state index in [9.17, 15) is 8.78 Å². The van der Waals surface area contributed by atoms with E-state index >= 15 is 0 Å². The van der Waals surface area contributed by atoms with Gasteiger partial charge in [-0.1, -0.05) is 12.1 Å². The zero-order valence-electron chi connectivity index (χ0n) is 8.45. The molecule has 0 saturated carbocycles. The fourth-order valence-corrected chi connectivity index (χ4v) is 1.49. The molecule has 0 aliphatic heterocycles. The highest BCUT2D eigenvalue weighted by atomic mass is 19.1.